The number of rotatable bonds is 9. The van der Waals surface area contributed by atoms with Crippen LogP contribution in [0.15, 0.2) is 53.1 Å². The molecule has 1 aliphatic heterocycles. The first-order chi connectivity index (χ1) is 16.5. The second kappa shape index (κ2) is 10.7. The molecule has 4 rings (SSSR count). The third kappa shape index (κ3) is 5.25. The SMILES string of the molecule is CCN(CC)C(CNC(=O)c1cc(-c2ccc3c(c2)OCCO3)on1)c1ccc(C(C)C)cc1. The van der Waals surface area contributed by atoms with Gasteiger partial charge < -0.3 is 19.3 Å². The number of benzene rings is 2. The van der Waals surface area contributed by atoms with Gasteiger partial charge in [0, 0.05) is 18.2 Å². The summed E-state index contributed by atoms with van der Waals surface area (Å²) in [5.41, 5.74) is 3.52. The summed E-state index contributed by atoms with van der Waals surface area (Å²) in [5, 5.41) is 7.05. The van der Waals surface area contributed by atoms with Crippen LogP contribution < -0.4 is 14.8 Å². The van der Waals surface area contributed by atoms with Gasteiger partial charge in [0.05, 0.1) is 6.04 Å². The van der Waals surface area contributed by atoms with E-state index in [0.717, 1.165) is 18.7 Å². The van der Waals surface area contributed by atoms with E-state index in [0.29, 0.717) is 42.9 Å². The summed E-state index contributed by atoms with van der Waals surface area (Å²) in [7, 11) is 0. The molecule has 1 N–H and O–H groups in total. The fraction of sp³-hybridized carbons (Fsp3) is 0.407. The largest absolute Gasteiger partial charge is 0.486 e. The van der Waals surface area contributed by atoms with E-state index in [1.165, 1.54) is 11.1 Å². The minimum Gasteiger partial charge on any atom is -0.486 e. The lowest BCUT2D eigenvalue weighted by Gasteiger charge is -2.30. The Bertz CT molecular complexity index is 1100. The summed E-state index contributed by atoms with van der Waals surface area (Å²) in [5.74, 6) is 2.10. The summed E-state index contributed by atoms with van der Waals surface area (Å²) in [4.78, 5) is 15.2. The number of hydrogen-bond donors (Lipinski definition) is 1. The van der Waals surface area contributed by atoms with Crippen molar-refractivity contribution in [2.75, 3.05) is 32.8 Å². The molecule has 34 heavy (non-hydrogen) atoms. The Hall–Kier alpha value is -3.32. The zero-order valence-electron chi connectivity index (χ0n) is 20.3. The predicted octanol–water partition coefficient (Wildman–Crippen LogP) is 5.05. The first-order valence-electron chi connectivity index (χ1n) is 12.0. The molecule has 7 heteroatoms. The highest BCUT2D eigenvalue weighted by atomic mass is 16.6. The molecular formula is C27H33N3O4. The summed E-state index contributed by atoms with van der Waals surface area (Å²) in [6.45, 7) is 12.0. The lowest BCUT2D eigenvalue weighted by atomic mass is 9.98. The minimum atomic E-state index is -0.261. The van der Waals surface area contributed by atoms with Crippen LogP contribution in [-0.2, 0) is 0 Å². The van der Waals surface area contributed by atoms with Crippen LogP contribution in [0.4, 0.5) is 0 Å². The van der Waals surface area contributed by atoms with Crippen molar-refractivity contribution in [3.8, 4) is 22.8 Å². The normalized spacial score (nSPS) is 13.8. The monoisotopic (exact) mass is 463 g/mol. The van der Waals surface area contributed by atoms with Crippen molar-refractivity contribution in [2.45, 2.75) is 39.7 Å². The standard InChI is InChI=1S/C27H33N3O4/c1-5-30(6-2)23(20-9-7-19(8-10-20)18(3)4)17-28-27(31)22-16-25(34-29-22)21-11-12-24-26(15-21)33-14-13-32-24/h7-12,15-16,18,23H,5-6,13-14,17H2,1-4H3,(H,28,31). The van der Waals surface area contributed by atoms with Crippen molar-refractivity contribution in [3.05, 3.63) is 65.4 Å². The number of hydrogen-bond acceptors (Lipinski definition) is 6. The molecule has 1 unspecified atom stereocenters. The lowest BCUT2D eigenvalue weighted by Crippen LogP contribution is -2.38. The number of fused-ring (bicyclic) bond motifs is 1. The van der Waals surface area contributed by atoms with Gasteiger partial charge in [0.15, 0.2) is 23.0 Å². The van der Waals surface area contributed by atoms with Gasteiger partial charge in [0.25, 0.3) is 5.91 Å². The Kier molecular flexibility index (Phi) is 7.53. The molecule has 0 bridgehead atoms. The number of carbonyl (C=O) groups is 1. The molecule has 7 nitrogen and oxygen atoms in total. The molecular weight excluding hydrogens is 430 g/mol. The number of nitrogens with one attached hydrogen (secondary N) is 1. The van der Waals surface area contributed by atoms with E-state index in [9.17, 15) is 4.79 Å². The first-order valence-corrected chi connectivity index (χ1v) is 12.0. The van der Waals surface area contributed by atoms with Gasteiger partial charge >= 0.3 is 0 Å². The highest BCUT2D eigenvalue weighted by Crippen LogP contribution is 2.34. The fourth-order valence-corrected chi connectivity index (χ4v) is 4.22. The van der Waals surface area contributed by atoms with Crippen molar-refractivity contribution in [2.24, 2.45) is 0 Å². The third-order valence-electron chi connectivity index (χ3n) is 6.27. The molecule has 0 spiro atoms. The average Bonchev–Trinajstić information content (AvgIpc) is 3.37. The minimum absolute atomic E-state index is 0.0735. The van der Waals surface area contributed by atoms with Crippen molar-refractivity contribution in [3.63, 3.8) is 0 Å². The van der Waals surface area contributed by atoms with Crippen molar-refractivity contribution in [1.29, 1.82) is 0 Å². The van der Waals surface area contributed by atoms with Gasteiger partial charge in [-0.05, 0) is 48.3 Å². The van der Waals surface area contributed by atoms with Crippen molar-refractivity contribution in [1.82, 2.24) is 15.4 Å². The zero-order chi connectivity index (χ0) is 24.1. The molecule has 180 valence electrons. The highest BCUT2D eigenvalue weighted by molar-refractivity contribution is 5.93. The van der Waals surface area contributed by atoms with E-state index < -0.39 is 0 Å². The maximum Gasteiger partial charge on any atom is 0.273 e. The molecule has 2 aromatic carbocycles. The van der Waals surface area contributed by atoms with Gasteiger partial charge in [0.1, 0.15) is 13.2 Å². The average molecular weight is 464 g/mol. The van der Waals surface area contributed by atoms with E-state index in [4.69, 9.17) is 14.0 Å². The molecule has 1 atom stereocenters. The van der Waals surface area contributed by atoms with Crippen LogP contribution >= 0.6 is 0 Å². The molecule has 0 saturated carbocycles. The Morgan fingerprint density at radius 2 is 1.65 bits per heavy atom. The smallest absolute Gasteiger partial charge is 0.273 e. The lowest BCUT2D eigenvalue weighted by molar-refractivity contribution is 0.0926. The van der Waals surface area contributed by atoms with Gasteiger partial charge in [-0.15, -0.1) is 0 Å². The Labute approximate surface area is 201 Å². The third-order valence-corrected chi connectivity index (χ3v) is 6.27. The Morgan fingerprint density at radius 1 is 0.971 bits per heavy atom. The maximum absolute atomic E-state index is 12.9. The highest BCUT2D eigenvalue weighted by Gasteiger charge is 2.21. The molecule has 3 aromatic rings. The van der Waals surface area contributed by atoms with Gasteiger partial charge in [-0.2, -0.15) is 0 Å². The van der Waals surface area contributed by atoms with E-state index in [1.807, 2.05) is 18.2 Å². The number of ether oxygens (including phenoxy) is 2. The first kappa shape index (κ1) is 23.8. The molecule has 2 heterocycles. The van der Waals surface area contributed by atoms with Gasteiger partial charge in [0.2, 0.25) is 0 Å². The number of amides is 1. The van der Waals surface area contributed by atoms with E-state index >= 15 is 0 Å². The maximum atomic E-state index is 12.9. The number of carbonyl (C=O) groups excluding carboxylic acids is 1. The number of likely N-dealkylation sites (N-methyl/N-ethyl adjacent to an activating group) is 1. The molecule has 0 radical (unpaired) electrons. The molecule has 0 saturated heterocycles. The summed E-state index contributed by atoms with van der Waals surface area (Å²) >= 11 is 0. The van der Waals surface area contributed by atoms with Crippen LogP contribution in [0.25, 0.3) is 11.3 Å². The quantitative estimate of drug-likeness (QED) is 0.479. The van der Waals surface area contributed by atoms with Crippen LogP contribution in [0.2, 0.25) is 0 Å². The Balaban J connectivity index is 1.46. The second-order valence-electron chi connectivity index (χ2n) is 8.70. The van der Waals surface area contributed by atoms with Gasteiger partial charge in [-0.1, -0.05) is 57.1 Å². The topological polar surface area (TPSA) is 76.8 Å². The van der Waals surface area contributed by atoms with Crippen LogP contribution in [0.1, 0.15) is 61.3 Å². The molecule has 1 amide bonds. The summed E-state index contributed by atoms with van der Waals surface area (Å²) in [6, 6.07) is 16.0. The molecule has 0 aliphatic carbocycles. The molecule has 1 aromatic heterocycles. The van der Waals surface area contributed by atoms with E-state index in [2.05, 4.69) is 67.3 Å². The molecule has 1 aliphatic rings. The van der Waals surface area contributed by atoms with E-state index in [-0.39, 0.29) is 17.6 Å². The van der Waals surface area contributed by atoms with Crippen LogP contribution in [0, 0.1) is 0 Å². The fourth-order valence-electron chi connectivity index (χ4n) is 4.22. The predicted molar refractivity (Wildman–Crippen MR) is 131 cm³/mol. The van der Waals surface area contributed by atoms with Crippen LogP contribution in [0.3, 0.4) is 0 Å². The zero-order valence-corrected chi connectivity index (χ0v) is 20.3. The van der Waals surface area contributed by atoms with Gasteiger partial charge in [-0.25, -0.2) is 0 Å². The van der Waals surface area contributed by atoms with E-state index in [1.54, 1.807) is 6.07 Å². The Morgan fingerprint density at radius 3 is 2.32 bits per heavy atom. The second-order valence-corrected chi connectivity index (χ2v) is 8.70. The van der Waals surface area contributed by atoms with Crippen molar-refractivity contribution >= 4 is 5.91 Å². The van der Waals surface area contributed by atoms with Gasteiger partial charge in [-0.3, -0.25) is 9.69 Å². The summed E-state index contributed by atoms with van der Waals surface area (Å²) in [6.07, 6.45) is 0. The number of aromatic nitrogens is 1. The number of nitrogens with zero attached hydrogens (tertiary/aromatic N) is 2. The van der Waals surface area contributed by atoms with Crippen LogP contribution in [0.5, 0.6) is 11.5 Å². The summed E-state index contributed by atoms with van der Waals surface area (Å²) < 4.78 is 16.7. The van der Waals surface area contributed by atoms with Crippen LogP contribution in [-0.4, -0.2) is 48.8 Å². The molecule has 0 fully saturated rings. The van der Waals surface area contributed by atoms with Crippen molar-refractivity contribution < 1.29 is 18.8 Å².